The van der Waals surface area contributed by atoms with Crippen LogP contribution in [0.5, 0.6) is 11.5 Å². The highest BCUT2D eigenvalue weighted by Crippen LogP contribution is 2.28. The van der Waals surface area contributed by atoms with Gasteiger partial charge in [-0.15, -0.1) is 0 Å². The number of nitrogens with one attached hydrogen (secondary N) is 1. The van der Waals surface area contributed by atoms with E-state index in [1.54, 1.807) is 7.11 Å². The molecule has 2 aliphatic rings. The summed E-state index contributed by atoms with van der Waals surface area (Å²) in [5.41, 5.74) is 1.20. The van der Waals surface area contributed by atoms with Crippen LogP contribution < -0.4 is 14.8 Å². The molecule has 2 fully saturated rings. The van der Waals surface area contributed by atoms with Gasteiger partial charge in [0.2, 0.25) is 0 Å². The predicted octanol–water partition coefficient (Wildman–Crippen LogP) is 3.34. The normalized spacial score (nSPS) is 20.4. The van der Waals surface area contributed by atoms with Crippen LogP contribution in [0.3, 0.4) is 0 Å². The van der Waals surface area contributed by atoms with Crippen LogP contribution in [0, 0.1) is 0 Å². The largest absolute Gasteiger partial charge is 0.493 e. The molecule has 5 nitrogen and oxygen atoms in total. The summed E-state index contributed by atoms with van der Waals surface area (Å²) in [5, 5.41) is 14.0. The number of nitrogens with zero attached hydrogens (tertiary/aromatic N) is 1. The zero-order valence-corrected chi connectivity index (χ0v) is 16.8. The summed E-state index contributed by atoms with van der Waals surface area (Å²) in [7, 11) is 1.67. The fourth-order valence-corrected chi connectivity index (χ4v) is 4.19. The molecule has 2 N–H and O–H groups in total. The van der Waals surface area contributed by atoms with Gasteiger partial charge in [-0.25, -0.2) is 0 Å². The van der Waals surface area contributed by atoms with Gasteiger partial charge in [0.15, 0.2) is 11.5 Å². The second-order valence-corrected chi connectivity index (χ2v) is 8.03. The lowest BCUT2D eigenvalue weighted by Crippen LogP contribution is -2.36. The Morgan fingerprint density at radius 3 is 2.52 bits per heavy atom. The molecule has 1 aliphatic heterocycles. The smallest absolute Gasteiger partial charge is 0.161 e. The zero-order chi connectivity index (χ0) is 18.9. The molecule has 1 saturated heterocycles. The summed E-state index contributed by atoms with van der Waals surface area (Å²) in [6, 6.07) is 6.74. The maximum absolute atomic E-state index is 10.4. The highest BCUT2D eigenvalue weighted by Gasteiger charge is 2.16. The van der Waals surface area contributed by atoms with E-state index in [0.717, 1.165) is 25.4 Å². The molecule has 0 radical (unpaired) electrons. The van der Waals surface area contributed by atoms with Gasteiger partial charge in [-0.1, -0.05) is 31.7 Å². The van der Waals surface area contributed by atoms with Crippen molar-refractivity contribution in [2.45, 2.75) is 70.1 Å². The van der Waals surface area contributed by atoms with E-state index in [2.05, 4.69) is 16.3 Å². The molecule has 3 rings (SSSR count). The van der Waals surface area contributed by atoms with Crippen LogP contribution in [-0.2, 0) is 6.54 Å². The summed E-state index contributed by atoms with van der Waals surface area (Å²) in [5.74, 6) is 1.44. The minimum Gasteiger partial charge on any atom is -0.493 e. The van der Waals surface area contributed by atoms with Gasteiger partial charge < -0.3 is 24.8 Å². The summed E-state index contributed by atoms with van der Waals surface area (Å²) >= 11 is 0. The number of likely N-dealkylation sites (tertiary alicyclic amines) is 1. The van der Waals surface area contributed by atoms with E-state index in [4.69, 9.17) is 9.47 Å². The molecule has 1 heterocycles. The van der Waals surface area contributed by atoms with E-state index >= 15 is 0 Å². The summed E-state index contributed by atoms with van der Waals surface area (Å²) < 4.78 is 11.4. The third kappa shape index (κ3) is 6.66. The SMILES string of the molecule is COc1cc(CNC2CCCC2)ccc1OCC(O)CN1CCCCCC1. The van der Waals surface area contributed by atoms with Gasteiger partial charge in [-0.2, -0.15) is 0 Å². The molecule has 5 heteroatoms. The second kappa shape index (κ2) is 10.9. The van der Waals surface area contributed by atoms with Crippen molar-refractivity contribution in [3.05, 3.63) is 23.8 Å². The number of methoxy groups -OCH3 is 1. The Bertz CT molecular complexity index is 552. The van der Waals surface area contributed by atoms with Gasteiger partial charge in [0.25, 0.3) is 0 Å². The van der Waals surface area contributed by atoms with Crippen LogP contribution in [0.25, 0.3) is 0 Å². The van der Waals surface area contributed by atoms with E-state index in [-0.39, 0.29) is 0 Å². The van der Waals surface area contributed by atoms with Gasteiger partial charge in [-0.05, 0) is 56.5 Å². The first kappa shape index (κ1) is 20.4. The molecule has 152 valence electrons. The Balaban J connectivity index is 1.46. The molecular formula is C22H36N2O3. The van der Waals surface area contributed by atoms with Crippen molar-refractivity contribution in [3.63, 3.8) is 0 Å². The lowest BCUT2D eigenvalue weighted by molar-refractivity contribution is 0.0683. The van der Waals surface area contributed by atoms with Crippen molar-refractivity contribution in [2.75, 3.05) is 33.4 Å². The molecule has 1 aliphatic carbocycles. The van der Waals surface area contributed by atoms with Crippen LogP contribution in [0.15, 0.2) is 18.2 Å². The first-order valence-electron chi connectivity index (χ1n) is 10.7. The fourth-order valence-electron chi connectivity index (χ4n) is 4.19. The Labute approximate surface area is 164 Å². The highest BCUT2D eigenvalue weighted by molar-refractivity contribution is 5.43. The van der Waals surface area contributed by atoms with Crippen LogP contribution in [0.2, 0.25) is 0 Å². The van der Waals surface area contributed by atoms with E-state index in [1.165, 1.54) is 56.9 Å². The van der Waals surface area contributed by atoms with Gasteiger partial charge >= 0.3 is 0 Å². The standard InChI is InChI=1S/C22H36N2O3/c1-26-22-14-18(15-23-19-8-4-5-9-19)10-11-21(22)27-17-20(25)16-24-12-6-2-3-7-13-24/h10-11,14,19-20,23,25H,2-9,12-13,15-17H2,1H3. The van der Waals surface area contributed by atoms with Gasteiger partial charge in [-0.3, -0.25) is 0 Å². The Morgan fingerprint density at radius 2 is 1.81 bits per heavy atom. The van der Waals surface area contributed by atoms with Crippen LogP contribution in [-0.4, -0.2) is 55.5 Å². The number of ether oxygens (including phenoxy) is 2. The van der Waals surface area contributed by atoms with Crippen LogP contribution >= 0.6 is 0 Å². The number of hydrogen-bond acceptors (Lipinski definition) is 5. The van der Waals surface area contributed by atoms with Gasteiger partial charge in [0, 0.05) is 19.1 Å². The minimum atomic E-state index is -0.475. The van der Waals surface area contributed by atoms with Crippen molar-refractivity contribution in [1.29, 1.82) is 0 Å². The summed E-state index contributed by atoms with van der Waals surface area (Å²) in [6.07, 6.45) is 9.86. The first-order valence-corrected chi connectivity index (χ1v) is 10.7. The third-order valence-electron chi connectivity index (χ3n) is 5.78. The number of aliphatic hydroxyl groups excluding tert-OH is 1. The van der Waals surface area contributed by atoms with Gasteiger partial charge in [0.1, 0.15) is 12.7 Å². The van der Waals surface area contributed by atoms with E-state index < -0.39 is 6.10 Å². The van der Waals surface area contributed by atoms with Crippen molar-refractivity contribution in [3.8, 4) is 11.5 Å². The van der Waals surface area contributed by atoms with Crippen LogP contribution in [0.4, 0.5) is 0 Å². The molecule has 1 unspecified atom stereocenters. The quantitative estimate of drug-likeness (QED) is 0.692. The number of β-amino-alcohol motifs (C(OH)–C–C–N with tert-alkyl or cyclic N) is 1. The predicted molar refractivity (Wildman–Crippen MR) is 108 cm³/mol. The third-order valence-corrected chi connectivity index (χ3v) is 5.78. The Morgan fingerprint density at radius 1 is 1.07 bits per heavy atom. The second-order valence-electron chi connectivity index (χ2n) is 8.03. The average molecular weight is 377 g/mol. The van der Waals surface area contributed by atoms with Crippen LogP contribution in [0.1, 0.15) is 56.9 Å². The number of rotatable bonds is 9. The van der Waals surface area contributed by atoms with E-state index in [0.29, 0.717) is 24.9 Å². The average Bonchev–Trinajstić information content (AvgIpc) is 3.08. The summed E-state index contributed by atoms with van der Waals surface area (Å²) in [6.45, 7) is 4.02. The van der Waals surface area contributed by atoms with Crippen molar-refractivity contribution in [1.82, 2.24) is 10.2 Å². The molecule has 0 bridgehead atoms. The molecule has 0 spiro atoms. The molecule has 1 aromatic rings. The Hall–Kier alpha value is -1.30. The topological polar surface area (TPSA) is 54.0 Å². The summed E-state index contributed by atoms with van der Waals surface area (Å²) in [4.78, 5) is 2.36. The first-order chi connectivity index (χ1) is 13.2. The number of aliphatic hydroxyl groups is 1. The van der Waals surface area contributed by atoms with Crippen molar-refractivity contribution in [2.24, 2.45) is 0 Å². The number of hydrogen-bond donors (Lipinski definition) is 2. The molecule has 0 aromatic heterocycles. The molecule has 0 amide bonds. The lowest BCUT2D eigenvalue weighted by Gasteiger charge is -2.23. The molecule has 1 aromatic carbocycles. The minimum absolute atomic E-state index is 0.298. The lowest BCUT2D eigenvalue weighted by atomic mass is 10.1. The Kier molecular flexibility index (Phi) is 8.24. The monoisotopic (exact) mass is 376 g/mol. The fraction of sp³-hybridized carbons (Fsp3) is 0.727. The number of benzene rings is 1. The molecule has 1 atom stereocenters. The highest BCUT2D eigenvalue weighted by atomic mass is 16.5. The zero-order valence-electron chi connectivity index (χ0n) is 16.8. The van der Waals surface area contributed by atoms with Crippen molar-refractivity contribution >= 4 is 0 Å². The maximum atomic E-state index is 10.4. The van der Waals surface area contributed by atoms with Gasteiger partial charge in [0.05, 0.1) is 7.11 Å². The molecule has 27 heavy (non-hydrogen) atoms. The molecule has 1 saturated carbocycles. The maximum Gasteiger partial charge on any atom is 0.161 e. The van der Waals surface area contributed by atoms with E-state index in [1.807, 2.05) is 12.1 Å². The van der Waals surface area contributed by atoms with Crippen molar-refractivity contribution < 1.29 is 14.6 Å². The van der Waals surface area contributed by atoms with E-state index in [9.17, 15) is 5.11 Å². The molecular weight excluding hydrogens is 340 g/mol.